The van der Waals surface area contributed by atoms with Crippen LogP contribution in [0.5, 0.6) is 5.75 Å². The van der Waals surface area contributed by atoms with Crippen molar-refractivity contribution in [2.24, 2.45) is 0 Å². The van der Waals surface area contributed by atoms with Gasteiger partial charge < -0.3 is 14.9 Å². The molecule has 0 atom stereocenters. The van der Waals surface area contributed by atoms with Crippen LogP contribution in [-0.4, -0.2) is 92.4 Å². The van der Waals surface area contributed by atoms with Crippen molar-refractivity contribution in [3.05, 3.63) is 54.3 Å². The number of benzene rings is 2. The van der Waals surface area contributed by atoms with Gasteiger partial charge in [0.15, 0.2) is 0 Å². The van der Waals surface area contributed by atoms with Crippen molar-refractivity contribution < 1.29 is 22.7 Å². The molecule has 2 heterocycles. The van der Waals surface area contributed by atoms with Gasteiger partial charge in [0.05, 0.1) is 17.1 Å². The lowest BCUT2D eigenvalue weighted by Crippen LogP contribution is -2.54. The number of carbonyl (C=O) groups excluding carboxylic acids is 1. The topological polar surface area (TPSA) is 84.4 Å². The van der Waals surface area contributed by atoms with Gasteiger partial charge in [0, 0.05) is 52.4 Å². The average Bonchev–Trinajstić information content (AvgIpc) is 2.80. The summed E-state index contributed by atoms with van der Waals surface area (Å²) in [7, 11) is -3.70. The molecule has 32 heavy (non-hydrogen) atoms. The third-order valence-corrected chi connectivity index (χ3v) is 7.91. The smallest absolute Gasteiger partial charge is 0.243 e. The van der Waals surface area contributed by atoms with E-state index in [2.05, 4.69) is 9.80 Å². The maximum Gasteiger partial charge on any atom is 0.243 e. The van der Waals surface area contributed by atoms with E-state index in [1.807, 2.05) is 12.1 Å². The molecule has 0 saturated carbocycles. The number of carbonyl (C=O) groups is 1. The highest BCUT2D eigenvalue weighted by atomic mass is 32.2. The van der Waals surface area contributed by atoms with Crippen LogP contribution in [0.3, 0.4) is 0 Å². The maximum atomic E-state index is 13.1. The fourth-order valence-electron chi connectivity index (χ4n) is 4.10. The summed E-state index contributed by atoms with van der Waals surface area (Å²) in [5.41, 5.74) is 0.803. The highest BCUT2D eigenvalue weighted by Crippen LogP contribution is 2.27. The molecule has 8 nitrogen and oxygen atoms in total. The lowest BCUT2D eigenvalue weighted by atomic mass is 10.2. The van der Waals surface area contributed by atoms with Crippen molar-refractivity contribution in [2.45, 2.75) is 4.90 Å². The van der Waals surface area contributed by atoms with Crippen molar-refractivity contribution in [3.8, 4) is 5.75 Å². The monoisotopic (exact) mass is 462 g/mol. The highest BCUT2D eigenvalue weighted by molar-refractivity contribution is 7.89. The SMILES string of the molecule is O=C(CN1CCN(c2ccccc2O)CC1)N1CCN(S(=O)(=O)c2ccc(F)cc2)CC1. The largest absolute Gasteiger partial charge is 0.506 e. The molecule has 4 rings (SSSR count). The van der Waals surface area contributed by atoms with E-state index in [0.717, 1.165) is 17.8 Å². The van der Waals surface area contributed by atoms with E-state index < -0.39 is 15.8 Å². The van der Waals surface area contributed by atoms with E-state index in [9.17, 15) is 22.7 Å². The number of hydrogen-bond acceptors (Lipinski definition) is 6. The highest BCUT2D eigenvalue weighted by Gasteiger charge is 2.31. The number of phenols is 1. The first-order valence-electron chi connectivity index (χ1n) is 10.6. The molecule has 0 bridgehead atoms. The van der Waals surface area contributed by atoms with Gasteiger partial charge in [0.2, 0.25) is 15.9 Å². The number of para-hydroxylation sites is 2. The van der Waals surface area contributed by atoms with Crippen LogP contribution in [0.15, 0.2) is 53.4 Å². The number of phenolic OH excluding ortho intramolecular Hbond substituents is 1. The molecular weight excluding hydrogens is 435 g/mol. The van der Waals surface area contributed by atoms with Gasteiger partial charge in [-0.15, -0.1) is 0 Å². The molecule has 0 radical (unpaired) electrons. The molecule has 2 saturated heterocycles. The molecule has 0 spiro atoms. The van der Waals surface area contributed by atoms with E-state index in [0.29, 0.717) is 45.8 Å². The number of nitrogens with zero attached hydrogens (tertiary/aromatic N) is 4. The number of sulfonamides is 1. The zero-order chi connectivity index (χ0) is 22.7. The van der Waals surface area contributed by atoms with Crippen LogP contribution in [-0.2, 0) is 14.8 Å². The molecule has 10 heteroatoms. The Bertz CT molecular complexity index is 1050. The number of anilines is 1. The molecule has 0 aromatic heterocycles. The zero-order valence-corrected chi connectivity index (χ0v) is 18.5. The number of piperazine rings is 2. The molecule has 2 aliphatic rings. The average molecular weight is 463 g/mol. The van der Waals surface area contributed by atoms with Crippen LogP contribution >= 0.6 is 0 Å². The molecule has 2 aliphatic heterocycles. The molecule has 0 unspecified atom stereocenters. The predicted octanol–water partition coefficient (Wildman–Crippen LogP) is 1.19. The Balaban J connectivity index is 1.26. The molecule has 2 fully saturated rings. The summed E-state index contributed by atoms with van der Waals surface area (Å²) in [5.74, 6) is -0.244. The molecule has 1 amide bonds. The standard InChI is InChI=1S/C22H27FN4O4S/c23-18-5-7-19(8-6-18)32(30,31)27-15-13-26(14-16-27)22(29)17-24-9-11-25(12-10-24)20-3-1-2-4-21(20)28/h1-8,28H,9-17H2. The minimum absolute atomic E-state index is 0.0140. The van der Waals surface area contributed by atoms with Gasteiger partial charge in [-0.25, -0.2) is 12.8 Å². The fraction of sp³-hybridized carbons (Fsp3) is 0.409. The van der Waals surface area contributed by atoms with Crippen molar-refractivity contribution in [3.63, 3.8) is 0 Å². The summed E-state index contributed by atoms with van der Waals surface area (Å²) < 4.78 is 39.9. The van der Waals surface area contributed by atoms with E-state index >= 15 is 0 Å². The predicted molar refractivity (Wildman–Crippen MR) is 118 cm³/mol. The maximum absolute atomic E-state index is 13.1. The van der Waals surface area contributed by atoms with E-state index in [4.69, 9.17) is 0 Å². The quantitative estimate of drug-likeness (QED) is 0.719. The molecule has 172 valence electrons. The normalized spacial score (nSPS) is 18.7. The van der Waals surface area contributed by atoms with Gasteiger partial charge in [-0.05, 0) is 36.4 Å². The number of amides is 1. The minimum atomic E-state index is -3.70. The van der Waals surface area contributed by atoms with Crippen LogP contribution in [0.1, 0.15) is 0 Å². The second-order valence-electron chi connectivity index (χ2n) is 7.99. The van der Waals surface area contributed by atoms with Crippen LogP contribution in [0.25, 0.3) is 0 Å². The van der Waals surface area contributed by atoms with Crippen LogP contribution in [0, 0.1) is 5.82 Å². The first-order valence-corrected chi connectivity index (χ1v) is 12.1. The molecule has 2 aromatic rings. The van der Waals surface area contributed by atoms with Gasteiger partial charge >= 0.3 is 0 Å². The minimum Gasteiger partial charge on any atom is -0.506 e. The first kappa shape index (κ1) is 22.5. The summed E-state index contributed by atoms with van der Waals surface area (Å²) in [5, 5.41) is 10.0. The van der Waals surface area contributed by atoms with Crippen LogP contribution in [0.4, 0.5) is 10.1 Å². The number of aromatic hydroxyl groups is 1. The van der Waals surface area contributed by atoms with Gasteiger partial charge in [0.25, 0.3) is 0 Å². The Morgan fingerprint density at radius 3 is 2.12 bits per heavy atom. The van der Waals surface area contributed by atoms with Gasteiger partial charge in [0.1, 0.15) is 11.6 Å². The number of hydrogen-bond donors (Lipinski definition) is 1. The van der Waals surface area contributed by atoms with Crippen LogP contribution in [0.2, 0.25) is 0 Å². The van der Waals surface area contributed by atoms with E-state index in [1.54, 1.807) is 17.0 Å². The third kappa shape index (κ3) is 4.87. The lowest BCUT2D eigenvalue weighted by Gasteiger charge is -2.38. The van der Waals surface area contributed by atoms with Crippen molar-refractivity contribution >= 4 is 21.6 Å². The Morgan fingerprint density at radius 2 is 1.50 bits per heavy atom. The lowest BCUT2D eigenvalue weighted by molar-refractivity contribution is -0.133. The second kappa shape index (κ2) is 9.43. The Morgan fingerprint density at radius 1 is 0.875 bits per heavy atom. The van der Waals surface area contributed by atoms with E-state index in [1.165, 1.54) is 16.4 Å². The Kier molecular flexibility index (Phi) is 6.63. The molecule has 1 N–H and O–H groups in total. The number of rotatable bonds is 5. The third-order valence-electron chi connectivity index (χ3n) is 6.00. The Labute approximate surface area is 187 Å². The zero-order valence-electron chi connectivity index (χ0n) is 17.7. The summed E-state index contributed by atoms with van der Waals surface area (Å²) in [6, 6.07) is 12.0. The molecule has 2 aromatic carbocycles. The van der Waals surface area contributed by atoms with Gasteiger partial charge in [-0.2, -0.15) is 4.31 Å². The van der Waals surface area contributed by atoms with Crippen LogP contribution < -0.4 is 4.90 Å². The van der Waals surface area contributed by atoms with Gasteiger partial charge in [-0.1, -0.05) is 12.1 Å². The molecule has 0 aliphatic carbocycles. The van der Waals surface area contributed by atoms with Gasteiger partial charge in [-0.3, -0.25) is 9.69 Å². The number of halogens is 1. The van der Waals surface area contributed by atoms with Crippen molar-refractivity contribution in [2.75, 3.05) is 63.8 Å². The van der Waals surface area contributed by atoms with Crippen molar-refractivity contribution in [1.82, 2.24) is 14.1 Å². The summed E-state index contributed by atoms with van der Waals surface area (Å²) >= 11 is 0. The van der Waals surface area contributed by atoms with Crippen molar-refractivity contribution in [1.29, 1.82) is 0 Å². The fourth-order valence-corrected chi connectivity index (χ4v) is 5.53. The Hall–Kier alpha value is -2.69. The summed E-state index contributed by atoms with van der Waals surface area (Å²) in [6.45, 7) is 4.23. The summed E-state index contributed by atoms with van der Waals surface area (Å²) in [6.07, 6.45) is 0. The summed E-state index contributed by atoms with van der Waals surface area (Å²) in [4.78, 5) is 18.7. The molecular formula is C22H27FN4O4S. The first-order chi connectivity index (χ1) is 15.3. The second-order valence-corrected chi connectivity index (χ2v) is 9.93. The van der Waals surface area contributed by atoms with E-state index in [-0.39, 0.29) is 29.6 Å².